The van der Waals surface area contributed by atoms with Gasteiger partial charge in [0, 0.05) is 0 Å². The maximum atomic E-state index is 2.33. The average Bonchev–Trinajstić information content (AvgIpc) is 2.24. The predicted molar refractivity (Wildman–Crippen MR) is 84.0 cm³/mol. The zero-order valence-corrected chi connectivity index (χ0v) is 13.5. The molecule has 0 aromatic rings. The first-order valence-electron chi connectivity index (χ1n) is 7.64. The molecule has 0 atom stereocenters. The first-order valence-corrected chi connectivity index (χ1v) is 8.79. The molecule has 0 saturated carbocycles. The predicted octanol–water partition coefficient (Wildman–Crippen LogP) is 6.30. The van der Waals surface area contributed by atoms with Crippen LogP contribution in [0.4, 0.5) is 0 Å². The molecule has 0 amide bonds. The van der Waals surface area contributed by atoms with Crippen molar-refractivity contribution in [2.45, 2.75) is 85.5 Å². The average molecular weight is 259 g/mol. The van der Waals surface area contributed by atoms with E-state index in [-0.39, 0.29) is 0 Å². The molecule has 17 heavy (non-hydrogen) atoms. The standard InChI is InChI=1S/C16H34S/c1-5-6-7-8-9-10-11-12-13-14-17-15-16(2,3)4/h5-15H2,1-4H3. The fraction of sp³-hybridized carbons (Fsp3) is 1.00. The van der Waals surface area contributed by atoms with Crippen LogP contribution in [-0.2, 0) is 0 Å². The van der Waals surface area contributed by atoms with Crippen LogP contribution in [-0.4, -0.2) is 11.5 Å². The Kier molecular flexibility index (Phi) is 11.7. The minimum absolute atomic E-state index is 0.504. The van der Waals surface area contributed by atoms with Crippen molar-refractivity contribution in [3.05, 3.63) is 0 Å². The molecule has 0 fully saturated rings. The van der Waals surface area contributed by atoms with Gasteiger partial charge in [0.05, 0.1) is 0 Å². The smallest absolute Gasteiger partial charge is 0.00187 e. The topological polar surface area (TPSA) is 0 Å². The van der Waals surface area contributed by atoms with Crippen LogP contribution in [0.15, 0.2) is 0 Å². The summed E-state index contributed by atoms with van der Waals surface area (Å²) in [4.78, 5) is 0. The summed E-state index contributed by atoms with van der Waals surface area (Å²) in [6, 6.07) is 0. The second-order valence-corrected chi connectivity index (χ2v) is 7.55. The Morgan fingerprint density at radius 2 is 1.18 bits per heavy atom. The minimum atomic E-state index is 0.504. The van der Waals surface area contributed by atoms with Gasteiger partial charge < -0.3 is 0 Å². The van der Waals surface area contributed by atoms with Crippen LogP contribution >= 0.6 is 11.8 Å². The number of thioether (sulfide) groups is 1. The van der Waals surface area contributed by atoms with Crippen LogP contribution in [0.3, 0.4) is 0 Å². The maximum Gasteiger partial charge on any atom is -0.00187 e. The van der Waals surface area contributed by atoms with Gasteiger partial charge in [-0.15, -0.1) is 0 Å². The summed E-state index contributed by atoms with van der Waals surface area (Å²) >= 11 is 2.14. The van der Waals surface area contributed by atoms with Crippen molar-refractivity contribution in [2.75, 3.05) is 11.5 Å². The van der Waals surface area contributed by atoms with E-state index in [0.29, 0.717) is 5.41 Å². The van der Waals surface area contributed by atoms with Crippen LogP contribution in [0.5, 0.6) is 0 Å². The van der Waals surface area contributed by atoms with Gasteiger partial charge in [-0.25, -0.2) is 0 Å². The van der Waals surface area contributed by atoms with Gasteiger partial charge in [-0.3, -0.25) is 0 Å². The number of rotatable bonds is 11. The second-order valence-electron chi connectivity index (χ2n) is 6.44. The van der Waals surface area contributed by atoms with E-state index in [4.69, 9.17) is 0 Å². The van der Waals surface area contributed by atoms with Crippen LogP contribution in [0.25, 0.3) is 0 Å². The fourth-order valence-electron chi connectivity index (χ4n) is 1.89. The van der Waals surface area contributed by atoms with E-state index < -0.39 is 0 Å². The van der Waals surface area contributed by atoms with Crippen molar-refractivity contribution in [1.82, 2.24) is 0 Å². The van der Waals surface area contributed by atoms with Crippen LogP contribution < -0.4 is 0 Å². The lowest BCUT2D eigenvalue weighted by atomic mass is 10.0. The summed E-state index contributed by atoms with van der Waals surface area (Å²) < 4.78 is 0. The summed E-state index contributed by atoms with van der Waals surface area (Å²) in [6.45, 7) is 9.28. The molecule has 0 aromatic carbocycles. The van der Waals surface area contributed by atoms with E-state index in [9.17, 15) is 0 Å². The van der Waals surface area contributed by atoms with Crippen molar-refractivity contribution >= 4 is 11.8 Å². The van der Waals surface area contributed by atoms with E-state index >= 15 is 0 Å². The molecule has 0 N–H and O–H groups in total. The number of hydrogen-bond donors (Lipinski definition) is 0. The van der Waals surface area contributed by atoms with Gasteiger partial charge in [0.25, 0.3) is 0 Å². The van der Waals surface area contributed by atoms with Gasteiger partial charge in [0.15, 0.2) is 0 Å². The Balaban J connectivity index is 2.99. The van der Waals surface area contributed by atoms with E-state index in [1.807, 2.05) is 0 Å². The lowest BCUT2D eigenvalue weighted by Gasteiger charge is -2.16. The van der Waals surface area contributed by atoms with Crippen molar-refractivity contribution in [3.63, 3.8) is 0 Å². The fourth-order valence-corrected chi connectivity index (χ4v) is 3.06. The van der Waals surface area contributed by atoms with Gasteiger partial charge in [0.1, 0.15) is 0 Å². The lowest BCUT2D eigenvalue weighted by molar-refractivity contribution is 0.480. The molecular weight excluding hydrogens is 224 g/mol. The Bertz CT molecular complexity index is 146. The molecule has 0 nitrogen and oxygen atoms in total. The molecule has 0 spiro atoms. The van der Waals surface area contributed by atoms with Crippen molar-refractivity contribution in [2.24, 2.45) is 5.41 Å². The Labute approximate surface area is 114 Å². The molecule has 0 aromatic heterocycles. The molecule has 0 heterocycles. The zero-order chi connectivity index (χ0) is 13.0. The van der Waals surface area contributed by atoms with Crippen LogP contribution in [0, 0.1) is 5.41 Å². The summed E-state index contributed by atoms with van der Waals surface area (Å²) in [6.07, 6.45) is 13.0. The molecule has 1 heteroatoms. The highest BCUT2D eigenvalue weighted by Gasteiger charge is 2.08. The summed E-state index contributed by atoms with van der Waals surface area (Å²) in [7, 11) is 0. The van der Waals surface area contributed by atoms with Crippen molar-refractivity contribution in [3.8, 4) is 0 Å². The molecule has 0 rings (SSSR count). The highest BCUT2D eigenvalue weighted by atomic mass is 32.2. The first-order chi connectivity index (χ1) is 8.06. The quantitative estimate of drug-likeness (QED) is 0.392. The Hall–Kier alpha value is 0.350. The van der Waals surface area contributed by atoms with Gasteiger partial charge >= 0.3 is 0 Å². The maximum absolute atomic E-state index is 2.33. The Morgan fingerprint density at radius 3 is 1.65 bits per heavy atom. The van der Waals surface area contributed by atoms with Gasteiger partial charge in [0.2, 0.25) is 0 Å². The van der Waals surface area contributed by atoms with Gasteiger partial charge in [-0.1, -0.05) is 79.1 Å². The molecule has 0 unspecified atom stereocenters. The van der Waals surface area contributed by atoms with Crippen molar-refractivity contribution < 1.29 is 0 Å². The van der Waals surface area contributed by atoms with E-state index in [2.05, 4.69) is 39.5 Å². The highest BCUT2D eigenvalue weighted by Crippen LogP contribution is 2.21. The number of hydrogen-bond acceptors (Lipinski definition) is 1. The zero-order valence-electron chi connectivity index (χ0n) is 12.7. The third-order valence-electron chi connectivity index (χ3n) is 2.93. The highest BCUT2D eigenvalue weighted by molar-refractivity contribution is 7.99. The minimum Gasteiger partial charge on any atom is -0.161 e. The monoisotopic (exact) mass is 258 g/mol. The van der Waals surface area contributed by atoms with Gasteiger partial charge in [-0.05, 0) is 23.3 Å². The molecule has 104 valence electrons. The number of unbranched alkanes of at least 4 members (excludes halogenated alkanes) is 8. The normalized spacial score (nSPS) is 12.0. The second kappa shape index (κ2) is 11.4. The molecule has 0 aliphatic heterocycles. The van der Waals surface area contributed by atoms with Gasteiger partial charge in [-0.2, -0.15) is 11.8 Å². The van der Waals surface area contributed by atoms with E-state index in [1.165, 1.54) is 69.3 Å². The van der Waals surface area contributed by atoms with E-state index in [1.54, 1.807) is 0 Å². The Morgan fingerprint density at radius 1 is 0.706 bits per heavy atom. The third-order valence-corrected chi connectivity index (χ3v) is 4.57. The molecule has 0 aliphatic carbocycles. The summed E-state index contributed by atoms with van der Waals surface area (Å²) in [5, 5.41) is 0. The largest absolute Gasteiger partial charge is 0.161 e. The summed E-state index contributed by atoms with van der Waals surface area (Å²) in [5.41, 5.74) is 0.504. The van der Waals surface area contributed by atoms with Crippen molar-refractivity contribution in [1.29, 1.82) is 0 Å². The molecule has 0 saturated heterocycles. The van der Waals surface area contributed by atoms with Crippen LogP contribution in [0.2, 0.25) is 0 Å². The summed E-state index contributed by atoms with van der Waals surface area (Å²) in [5.74, 6) is 2.68. The molecule has 0 aliphatic rings. The van der Waals surface area contributed by atoms with Crippen LogP contribution in [0.1, 0.15) is 85.5 Å². The molecule has 0 bridgehead atoms. The SMILES string of the molecule is CCCCCCCCCCCSCC(C)(C)C. The third kappa shape index (κ3) is 16.4. The first kappa shape index (κ1) is 17.4. The molecular formula is C16H34S. The lowest BCUT2D eigenvalue weighted by Crippen LogP contribution is -2.08. The van der Waals surface area contributed by atoms with E-state index in [0.717, 1.165) is 0 Å². The molecule has 0 radical (unpaired) electrons.